The number of benzene rings is 1. The van der Waals surface area contributed by atoms with Gasteiger partial charge in [0.05, 0.1) is 12.2 Å². The van der Waals surface area contributed by atoms with Crippen molar-refractivity contribution in [3.8, 4) is 0 Å². The van der Waals surface area contributed by atoms with Crippen LogP contribution < -0.4 is 0 Å². The van der Waals surface area contributed by atoms with E-state index < -0.39 is 0 Å². The minimum Gasteiger partial charge on any atom is -0.349 e. The van der Waals surface area contributed by atoms with E-state index >= 15 is 0 Å². The number of likely N-dealkylation sites (N-methyl/N-ethyl adjacent to an activating group) is 1. The summed E-state index contributed by atoms with van der Waals surface area (Å²) >= 11 is 9.89. The van der Waals surface area contributed by atoms with E-state index in [1.54, 1.807) is 11.8 Å². The molecule has 0 aliphatic carbocycles. The van der Waals surface area contributed by atoms with E-state index in [0.717, 1.165) is 22.4 Å². The van der Waals surface area contributed by atoms with Crippen LogP contribution in [0.5, 0.6) is 0 Å². The Hall–Kier alpha value is -0.200. The van der Waals surface area contributed by atoms with Gasteiger partial charge in [0.2, 0.25) is 0 Å². The maximum atomic E-state index is 5.92. The number of nitrogens with zero attached hydrogens (tertiary/aromatic N) is 2. The van der Waals surface area contributed by atoms with Crippen LogP contribution in [0.4, 0.5) is 5.69 Å². The largest absolute Gasteiger partial charge is 0.349 e. The van der Waals surface area contributed by atoms with Crippen LogP contribution in [0.25, 0.3) is 0 Å². The van der Waals surface area contributed by atoms with Crippen molar-refractivity contribution in [1.82, 2.24) is 4.90 Å². The van der Waals surface area contributed by atoms with Crippen molar-refractivity contribution in [1.29, 1.82) is 0 Å². The first-order valence-electron chi connectivity index (χ1n) is 4.71. The summed E-state index contributed by atoms with van der Waals surface area (Å²) in [5.41, 5.74) is 0.900. The van der Waals surface area contributed by atoms with Crippen molar-refractivity contribution >= 4 is 56.8 Å². The summed E-state index contributed by atoms with van der Waals surface area (Å²) in [6.07, 6.45) is 0. The lowest BCUT2D eigenvalue weighted by Crippen LogP contribution is -2.17. The number of hydrogen-bond donors (Lipinski definition) is 0. The average Bonchev–Trinajstić information content (AvgIpc) is 2.60. The summed E-state index contributed by atoms with van der Waals surface area (Å²) in [5.74, 6) is 0. The molecule has 84 valence electrons. The molecule has 0 N–H and O–H groups in total. The molecule has 2 nitrogen and oxygen atoms in total. The van der Waals surface area contributed by atoms with Gasteiger partial charge < -0.3 is 4.90 Å². The van der Waals surface area contributed by atoms with Crippen molar-refractivity contribution in [2.24, 2.45) is 4.99 Å². The molecule has 1 aliphatic rings. The normalized spacial score (nSPS) is 21.1. The number of halogens is 2. The van der Waals surface area contributed by atoms with E-state index in [1.807, 2.05) is 31.3 Å². The molecule has 1 aliphatic heterocycles. The lowest BCUT2D eigenvalue weighted by atomic mass is 10.3. The van der Waals surface area contributed by atoms with E-state index in [4.69, 9.17) is 11.6 Å². The zero-order chi connectivity index (χ0) is 11.5. The number of thioether (sulfide) groups is 1. The summed E-state index contributed by atoms with van der Waals surface area (Å²) in [6.45, 7) is 0.938. The van der Waals surface area contributed by atoms with Crippen LogP contribution in [-0.2, 0) is 0 Å². The first-order valence-corrected chi connectivity index (χ1v) is 7.15. The van der Waals surface area contributed by atoms with Gasteiger partial charge in [-0.05, 0) is 22.3 Å². The van der Waals surface area contributed by atoms with Gasteiger partial charge in [-0.25, -0.2) is 4.99 Å². The highest BCUT2D eigenvalue weighted by molar-refractivity contribution is 14.1. The van der Waals surface area contributed by atoms with Crippen molar-refractivity contribution in [2.45, 2.75) is 0 Å². The maximum absolute atomic E-state index is 5.92. The second-order valence-corrected chi connectivity index (χ2v) is 5.56. The fourth-order valence-electron chi connectivity index (χ4n) is 1.35. The van der Waals surface area contributed by atoms with E-state index in [0.29, 0.717) is 0 Å². The van der Waals surface area contributed by atoms with Gasteiger partial charge in [-0.15, -0.1) is 0 Å². The second-order valence-electron chi connectivity index (χ2n) is 3.41. The molecule has 0 saturated carbocycles. The predicted octanol–water partition coefficient (Wildman–Crippen LogP) is 4.28. The standard InChI is InChI=1S/C11H10ClIN2S/c1-15-7-10(6-13)16-11(15)14-9-4-2-3-8(12)5-9/h2-6H,7H2,1H3/b10-6+,14-11?. The summed E-state index contributed by atoms with van der Waals surface area (Å²) in [6, 6.07) is 7.59. The SMILES string of the molecule is CN1C/C(=C\I)SC1=Nc1cccc(Cl)c1. The Morgan fingerprint density at radius 1 is 1.56 bits per heavy atom. The highest BCUT2D eigenvalue weighted by Gasteiger charge is 2.19. The van der Waals surface area contributed by atoms with Gasteiger partial charge in [-0.1, -0.05) is 52.0 Å². The number of rotatable bonds is 1. The molecule has 0 atom stereocenters. The van der Waals surface area contributed by atoms with Crippen molar-refractivity contribution in [3.63, 3.8) is 0 Å². The van der Waals surface area contributed by atoms with Gasteiger partial charge in [0.1, 0.15) is 0 Å². The molecular weight excluding hydrogens is 355 g/mol. The number of aliphatic imine (C=N–C) groups is 1. The number of amidine groups is 1. The van der Waals surface area contributed by atoms with Crippen LogP contribution in [0.1, 0.15) is 0 Å². The first kappa shape index (κ1) is 12.3. The quantitative estimate of drug-likeness (QED) is 0.691. The van der Waals surface area contributed by atoms with Crippen LogP contribution in [0.15, 0.2) is 38.2 Å². The topological polar surface area (TPSA) is 15.6 Å². The van der Waals surface area contributed by atoms with Crippen molar-refractivity contribution in [2.75, 3.05) is 13.6 Å². The summed E-state index contributed by atoms with van der Waals surface area (Å²) in [7, 11) is 2.05. The molecule has 0 bridgehead atoms. The Balaban J connectivity index is 2.25. The predicted molar refractivity (Wildman–Crippen MR) is 80.9 cm³/mol. The minimum atomic E-state index is 0.720. The Labute approximate surface area is 118 Å². The minimum absolute atomic E-state index is 0.720. The summed E-state index contributed by atoms with van der Waals surface area (Å²) in [5, 5.41) is 1.74. The molecule has 1 saturated heterocycles. The Kier molecular flexibility index (Phi) is 4.16. The number of hydrogen-bond acceptors (Lipinski definition) is 2. The fourth-order valence-corrected chi connectivity index (χ4v) is 3.02. The van der Waals surface area contributed by atoms with E-state index in [-0.39, 0.29) is 0 Å². The summed E-state index contributed by atoms with van der Waals surface area (Å²) in [4.78, 5) is 8.03. The molecular formula is C11H10ClIN2S. The monoisotopic (exact) mass is 364 g/mol. The van der Waals surface area contributed by atoms with E-state index in [1.165, 1.54) is 4.91 Å². The van der Waals surface area contributed by atoms with Crippen LogP contribution in [-0.4, -0.2) is 23.7 Å². The molecule has 0 unspecified atom stereocenters. The lowest BCUT2D eigenvalue weighted by Gasteiger charge is -2.08. The van der Waals surface area contributed by atoms with E-state index in [9.17, 15) is 0 Å². The van der Waals surface area contributed by atoms with Crippen molar-refractivity contribution in [3.05, 3.63) is 38.3 Å². The van der Waals surface area contributed by atoms with E-state index in [2.05, 4.69) is 36.6 Å². The third-order valence-corrected chi connectivity index (χ3v) is 4.60. The van der Waals surface area contributed by atoms with Crippen LogP contribution >= 0.6 is 46.0 Å². The van der Waals surface area contributed by atoms with Crippen LogP contribution in [0.3, 0.4) is 0 Å². The fraction of sp³-hybridized carbons (Fsp3) is 0.182. The third-order valence-electron chi connectivity index (χ3n) is 2.10. The van der Waals surface area contributed by atoms with Crippen LogP contribution in [0, 0.1) is 0 Å². The highest BCUT2D eigenvalue weighted by atomic mass is 127. The molecule has 16 heavy (non-hydrogen) atoms. The zero-order valence-corrected chi connectivity index (χ0v) is 12.4. The zero-order valence-electron chi connectivity index (χ0n) is 8.65. The summed E-state index contributed by atoms with van der Waals surface area (Å²) < 4.78 is 2.10. The maximum Gasteiger partial charge on any atom is 0.169 e. The molecule has 0 amide bonds. The highest BCUT2D eigenvalue weighted by Crippen LogP contribution is 2.31. The van der Waals surface area contributed by atoms with Gasteiger partial charge in [-0.3, -0.25) is 0 Å². The molecule has 0 spiro atoms. The molecule has 5 heteroatoms. The van der Waals surface area contributed by atoms with Gasteiger partial charge in [-0.2, -0.15) is 0 Å². The molecule has 1 fully saturated rings. The third kappa shape index (κ3) is 2.93. The van der Waals surface area contributed by atoms with Gasteiger partial charge >= 0.3 is 0 Å². The van der Waals surface area contributed by atoms with Crippen LogP contribution in [0.2, 0.25) is 5.02 Å². The Morgan fingerprint density at radius 3 is 3.00 bits per heavy atom. The molecule has 1 aromatic carbocycles. The lowest BCUT2D eigenvalue weighted by molar-refractivity contribution is 0.582. The van der Waals surface area contributed by atoms with Gasteiger partial charge in [0.15, 0.2) is 5.17 Å². The van der Waals surface area contributed by atoms with Gasteiger partial charge in [0, 0.05) is 17.0 Å². The second kappa shape index (κ2) is 5.42. The average molecular weight is 365 g/mol. The molecule has 1 aromatic rings. The smallest absolute Gasteiger partial charge is 0.169 e. The van der Waals surface area contributed by atoms with Crippen molar-refractivity contribution < 1.29 is 0 Å². The Morgan fingerprint density at radius 2 is 2.38 bits per heavy atom. The molecule has 0 radical (unpaired) electrons. The molecule has 0 aromatic heterocycles. The van der Waals surface area contributed by atoms with Gasteiger partial charge in [0.25, 0.3) is 0 Å². The molecule has 1 heterocycles. The first-order chi connectivity index (χ1) is 7.69. The molecule has 2 rings (SSSR count). The Bertz CT molecular complexity index is 459.